The summed E-state index contributed by atoms with van der Waals surface area (Å²) in [5, 5.41) is 12.7. The second-order valence-electron chi connectivity index (χ2n) is 8.36. The van der Waals surface area contributed by atoms with Gasteiger partial charge in [-0.3, -0.25) is 14.6 Å². The van der Waals surface area contributed by atoms with Gasteiger partial charge in [0.1, 0.15) is 11.7 Å². The first-order chi connectivity index (χ1) is 15.0. The van der Waals surface area contributed by atoms with Crippen LogP contribution >= 0.6 is 0 Å². The number of carboxylic acids is 1. The monoisotopic (exact) mass is 423 g/mol. The van der Waals surface area contributed by atoms with Crippen molar-refractivity contribution < 1.29 is 14.7 Å². The number of fused-ring (bicyclic) bond motifs is 1. The van der Waals surface area contributed by atoms with Gasteiger partial charge in [-0.15, -0.1) is 0 Å². The molecule has 3 unspecified atom stereocenters. The number of rotatable bonds is 8. The Bertz CT molecular complexity index is 922. The van der Waals surface area contributed by atoms with Crippen LogP contribution in [0.3, 0.4) is 0 Å². The average Bonchev–Trinajstić information content (AvgIpc) is 3.13. The van der Waals surface area contributed by atoms with Gasteiger partial charge in [-0.25, -0.2) is 4.98 Å². The zero-order chi connectivity index (χ0) is 21.8. The molecule has 4 rings (SSSR count). The number of likely N-dealkylation sites (tertiary alicyclic amines) is 1. The number of nitrogens with one attached hydrogen (secondary N) is 1. The molecule has 8 nitrogen and oxygen atoms in total. The number of pyridine rings is 1. The van der Waals surface area contributed by atoms with Gasteiger partial charge < -0.3 is 21.1 Å². The van der Waals surface area contributed by atoms with Gasteiger partial charge in [0.2, 0.25) is 5.91 Å². The summed E-state index contributed by atoms with van der Waals surface area (Å²) in [5.74, 6) is 0.380. The van der Waals surface area contributed by atoms with E-state index in [0.29, 0.717) is 17.9 Å². The molecule has 1 fully saturated rings. The summed E-state index contributed by atoms with van der Waals surface area (Å²) in [6.45, 7) is 1.49. The quantitative estimate of drug-likeness (QED) is 0.591. The first-order valence-electron chi connectivity index (χ1n) is 11.0. The van der Waals surface area contributed by atoms with Gasteiger partial charge in [-0.2, -0.15) is 0 Å². The fraction of sp³-hybridized carbons (Fsp3) is 0.478. The third-order valence-electron chi connectivity index (χ3n) is 6.21. The number of nitrogens with two attached hydrogens (primary N) is 1. The molecule has 3 atom stereocenters. The topological polar surface area (TPSA) is 121 Å². The molecule has 3 aliphatic heterocycles. The van der Waals surface area contributed by atoms with Crippen LogP contribution < -0.4 is 11.1 Å². The largest absolute Gasteiger partial charge is 0.481 e. The number of nitrogen functional groups attached to an aromatic ring is 1. The van der Waals surface area contributed by atoms with E-state index in [1.165, 1.54) is 5.57 Å². The smallest absolute Gasteiger partial charge is 0.305 e. The van der Waals surface area contributed by atoms with Crippen LogP contribution in [0.5, 0.6) is 0 Å². The molecule has 3 aliphatic rings. The van der Waals surface area contributed by atoms with Crippen LogP contribution in [0.25, 0.3) is 0 Å². The maximum Gasteiger partial charge on any atom is 0.305 e. The van der Waals surface area contributed by atoms with E-state index in [1.807, 2.05) is 0 Å². The van der Waals surface area contributed by atoms with Crippen LogP contribution in [0.2, 0.25) is 0 Å². The first-order valence-corrected chi connectivity index (χ1v) is 11.0. The summed E-state index contributed by atoms with van der Waals surface area (Å²) in [4.78, 5) is 35.1. The van der Waals surface area contributed by atoms with Crippen molar-refractivity contribution in [1.82, 2.24) is 15.2 Å². The molecule has 1 amide bonds. The highest BCUT2D eigenvalue weighted by molar-refractivity contribution is 6.02. The Morgan fingerprint density at radius 1 is 1.35 bits per heavy atom. The highest BCUT2D eigenvalue weighted by Crippen LogP contribution is 2.33. The highest BCUT2D eigenvalue weighted by atomic mass is 16.4. The summed E-state index contributed by atoms with van der Waals surface area (Å²) in [5.41, 5.74) is 7.53. The van der Waals surface area contributed by atoms with Crippen molar-refractivity contribution in [1.29, 1.82) is 0 Å². The number of aliphatic carboxylic acids is 1. The Kier molecular flexibility index (Phi) is 6.34. The van der Waals surface area contributed by atoms with E-state index >= 15 is 0 Å². The Morgan fingerprint density at radius 2 is 2.23 bits per heavy atom. The molecular formula is C23H29N5O3. The van der Waals surface area contributed by atoms with Crippen LogP contribution in [0.15, 0.2) is 47.1 Å². The van der Waals surface area contributed by atoms with Gasteiger partial charge in [0.05, 0.1) is 18.5 Å². The van der Waals surface area contributed by atoms with E-state index in [0.717, 1.165) is 44.5 Å². The molecule has 31 heavy (non-hydrogen) atoms. The molecule has 4 N–H and O–H groups in total. The van der Waals surface area contributed by atoms with Crippen LogP contribution in [-0.2, 0) is 9.59 Å². The fourth-order valence-corrected chi connectivity index (χ4v) is 4.57. The first kappa shape index (κ1) is 21.1. The van der Waals surface area contributed by atoms with Gasteiger partial charge in [-0.1, -0.05) is 30.7 Å². The maximum absolute atomic E-state index is 13.1. The Balaban J connectivity index is 1.34. The van der Waals surface area contributed by atoms with Crippen molar-refractivity contribution in [2.45, 2.75) is 50.6 Å². The highest BCUT2D eigenvalue weighted by Gasteiger charge is 2.37. The lowest BCUT2D eigenvalue weighted by atomic mass is 9.96. The molecule has 1 saturated heterocycles. The number of carboxylic acid groups (broad SMARTS) is 1. The number of carbonyl (C=O) groups is 2. The zero-order valence-corrected chi connectivity index (χ0v) is 17.5. The number of amides is 1. The molecular weight excluding hydrogens is 394 g/mol. The molecule has 0 aromatic carbocycles. The molecule has 0 spiro atoms. The molecule has 4 heterocycles. The third kappa shape index (κ3) is 4.95. The fourth-order valence-electron chi connectivity index (χ4n) is 4.57. The molecule has 0 aliphatic carbocycles. The van der Waals surface area contributed by atoms with E-state index in [9.17, 15) is 14.7 Å². The van der Waals surface area contributed by atoms with E-state index in [1.54, 1.807) is 23.2 Å². The Morgan fingerprint density at radius 3 is 3.00 bits per heavy atom. The van der Waals surface area contributed by atoms with Crippen LogP contribution in [-0.4, -0.2) is 51.8 Å². The van der Waals surface area contributed by atoms with Gasteiger partial charge in [0, 0.05) is 30.8 Å². The molecule has 1 aromatic heterocycles. The lowest BCUT2D eigenvalue weighted by Gasteiger charge is -2.27. The summed E-state index contributed by atoms with van der Waals surface area (Å²) >= 11 is 0. The normalized spacial score (nSPS) is 23.6. The molecule has 164 valence electrons. The van der Waals surface area contributed by atoms with Crippen molar-refractivity contribution in [3.63, 3.8) is 0 Å². The van der Waals surface area contributed by atoms with E-state index in [2.05, 4.69) is 28.5 Å². The number of hydrogen-bond donors (Lipinski definition) is 3. The summed E-state index contributed by atoms with van der Waals surface area (Å²) < 4.78 is 0. The summed E-state index contributed by atoms with van der Waals surface area (Å²) in [6.07, 6.45) is 12.3. The van der Waals surface area contributed by atoms with Crippen LogP contribution in [0, 0.1) is 5.92 Å². The minimum atomic E-state index is -0.939. The van der Waals surface area contributed by atoms with Crippen LogP contribution in [0.4, 0.5) is 5.82 Å². The second-order valence-corrected chi connectivity index (χ2v) is 8.36. The summed E-state index contributed by atoms with van der Waals surface area (Å²) in [7, 11) is 0. The lowest BCUT2D eigenvalue weighted by molar-refractivity contribution is -0.140. The molecule has 0 saturated carbocycles. The van der Waals surface area contributed by atoms with E-state index < -0.39 is 12.0 Å². The number of anilines is 1. The number of carbonyl (C=O) groups excluding carboxylic acids is 1. The summed E-state index contributed by atoms with van der Waals surface area (Å²) in [6, 6.07) is 3.03. The minimum Gasteiger partial charge on any atom is -0.481 e. The van der Waals surface area contributed by atoms with E-state index in [-0.39, 0.29) is 24.3 Å². The van der Waals surface area contributed by atoms with Crippen molar-refractivity contribution in [2.24, 2.45) is 10.9 Å². The van der Waals surface area contributed by atoms with Crippen LogP contribution in [0.1, 0.15) is 50.1 Å². The van der Waals surface area contributed by atoms with E-state index in [4.69, 9.17) is 10.7 Å². The van der Waals surface area contributed by atoms with Crippen molar-refractivity contribution >= 4 is 23.5 Å². The standard InChI is InChI=1S/C23H29N5O3/c24-20-9-7-17(14-26-20)19(13-21(29)30)28-12-10-16(23(28)31)3-1-5-18-8-6-15-4-2-11-25-22(15)27-18/h4,6-9,14,16,18-19H,1-3,5,10-13H2,(H2,24,26)(H,25,27)(H,29,30). The van der Waals surface area contributed by atoms with Gasteiger partial charge in [0.15, 0.2) is 0 Å². The van der Waals surface area contributed by atoms with Gasteiger partial charge in [0.25, 0.3) is 0 Å². The average molecular weight is 424 g/mol. The molecule has 0 bridgehead atoms. The lowest BCUT2D eigenvalue weighted by Crippen LogP contribution is -2.33. The number of aromatic nitrogens is 1. The van der Waals surface area contributed by atoms with Gasteiger partial charge >= 0.3 is 5.97 Å². The number of nitrogens with zero attached hydrogens (tertiary/aromatic N) is 3. The number of aliphatic imine (C=N–C) groups is 1. The van der Waals surface area contributed by atoms with Crippen molar-refractivity contribution in [3.8, 4) is 0 Å². The second kappa shape index (κ2) is 9.32. The molecule has 0 radical (unpaired) electrons. The van der Waals surface area contributed by atoms with Crippen molar-refractivity contribution in [2.75, 3.05) is 18.8 Å². The number of amidine groups is 1. The Hall–Kier alpha value is -3.16. The number of dihydropyridines is 1. The minimum absolute atomic E-state index is 0.0349. The SMILES string of the molecule is Nc1ccc(C(CC(=O)O)N2CCC(CCCC3C=CC4=CCCNC4=N3)C2=O)cn1. The predicted molar refractivity (Wildman–Crippen MR) is 118 cm³/mol. The maximum atomic E-state index is 13.1. The van der Waals surface area contributed by atoms with Crippen molar-refractivity contribution in [3.05, 3.63) is 47.7 Å². The van der Waals surface area contributed by atoms with Gasteiger partial charge in [-0.05, 0) is 37.3 Å². The number of hydrogen-bond acceptors (Lipinski definition) is 6. The predicted octanol–water partition coefficient (Wildman–Crippen LogP) is 2.46. The molecule has 8 heteroatoms. The zero-order valence-electron chi connectivity index (χ0n) is 17.5. The third-order valence-corrected chi connectivity index (χ3v) is 6.21. The molecule has 1 aromatic rings. The Labute approximate surface area is 181 Å².